The van der Waals surface area contributed by atoms with Crippen LogP contribution in [0, 0.1) is 11.5 Å². The lowest BCUT2D eigenvalue weighted by molar-refractivity contribution is 0.500. The molecule has 0 aromatic rings. The summed E-state index contributed by atoms with van der Waals surface area (Å²) in [4.78, 5) is 1.72. The minimum absolute atomic E-state index is 0.808. The Morgan fingerprint density at radius 2 is 2.20 bits per heavy atom. The highest BCUT2D eigenvalue weighted by molar-refractivity contribution is 5.10. The molecule has 0 aliphatic carbocycles. The average Bonchev–Trinajstić information content (AvgIpc) is 2.40. The molecule has 0 amide bonds. The van der Waals surface area contributed by atoms with Gasteiger partial charge in [0.2, 0.25) is 0 Å². The van der Waals surface area contributed by atoms with E-state index in [0.717, 1.165) is 13.1 Å². The van der Waals surface area contributed by atoms with E-state index >= 15 is 0 Å². The van der Waals surface area contributed by atoms with Crippen LogP contribution in [0.1, 0.15) is 20.8 Å². The highest BCUT2D eigenvalue weighted by Gasteiger charge is 2.06. The maximum Gasteiger partial charge on any atom is 0.179 e. The van der Waals surface area contributed by atoms with E-state index in [9.17, 15) is 0 Å². The van der Waals surface area contributed by atoms with E-state index in [1.807, 2.05) is 20.8 Å². The topological polar surface area (TPSA) is 27.0 Å². The zero-order valence-corrected chi connectivity index (χ0v) is 6.89. The third-order valence-corrected chi connectivity index (χ3v) is 1.24. The Labute approximate surface area is 62.8 Å². The molecule has 2 nitrogen and oxygen atoms in total. The molecule has 0 spiro atoms. The highest BCUT2D eigenvalue weighted by Crippen LogP contribution is 2.04. The van der Waals surface area contributed by atoms with Gasteiger partial charge in [0.05, 0.1) is 0 Å². The van der Waals surface area contributed by atoms with Gasteiger partial charge in [-0.3, -0.25) is 0 Å². The summed E-state index contributed by atoms with van der Waals surface area (Å²) in [5.41, 5.74) is 1.30. The average molecular weight is 138 g/mol. The lowest BCUT2D eigenvalue weighted by Crippen LogP contribution is -2.12. The van der Waals surface area contributed by atoms with Crippen molar-refractivity contribution in [2.75, 3.05) is 13.1 Å². The van der Waals surface area contributed by atoms with Crippen molar-refractivity contribution in [3.8, 4) is 6.19 Å². The van der Waals surface area contributed by atoms with Crippen molar-refractivity contribution >= 4 is 0 Å². The second-order valence-corrected chi connectivity index (χ2v) is 2.03. The molecule has 1 aliphatic rings. The maximum absolute atomic E-state index is 8.33. The van der Waals surface area contributed by atoms with Crippen LogP contribution in [0.25, 0.3) is 0 Å². The van der Waals surface area contributed by atoms with Crippen molar-refractivity contribution in [3.63, 3.8) is 0 Å². The number of nitrogens with zero attached hydrogens (tertiary/aromatic N) is 2. The van der Waals surface area contributed by atoms with Crippen LogP contribution in [0.2, 0.25) is 0 Å². The fourth-order valence-corrected chi connectivity index (χ4v) is 0.772. The summed E-state index contributed by atoms with van der Waals surface area (Å²) >= 11 is 0. The molecule has 0 saturated heterocycles. The first-order valence-corrected chi connectivity index (χ1v) is 3.63. The molecule has 0 aromatic heterocycles. The van der Waals surface area contributed by atoms with Gasteiger partial charge in [-0.15, -0.1) is 0 Å². The largest absolute Gasteiger partial charge is 0.303 e. The number of hydrogen-bond donors (Lipinski definition) is 0. The Hall–Kier alpha value is -0.970. The van der Waals surface area contributed by atoms with Crippen LogP contribution in [0.4, 0.5) is 0 Å². The van der Waals surface area contributed by atoms with Crippen LogP contribution >= 0.6 is 0 Å². The lowest BCUT2D eigenvalue weighted by atomic mass is 10.3. The van der Waals surface area contributed by atoms with Gasteiger partial charge in [-0.1, -0.05) is 25.5 Å². The second kappa shape index (κ2) is 4.87. The summed E-state index contributed by atoms with van der Waals surface area (Å²) in [7, 11) is 0. The molecule has 2 heteroatoms. The fraction of sp³-hybridized carbons (Fsp3) is 0.625. The van der Waals surface area contributed by atoms with Gasteiger partial charge in [0.15, 0.2) is 6.19 Å². The van der Waals surface area contributed by atoms with Crippen molar-refractivity contribution in [1.82, 2.24) is 4.90 Å². The van der Waals surface area contributed by atoms with Gasteiger partial charge in [0, 0.05) is 13.1 Å². The summed E-state index contributed by atoms with van der Waals surface area (Å²) in [5.74, 6) is 0. The summed E-state index contributed by atoms with van der Waals surface area (Å²) in [5, 5.41) is 8.33. The Kier molecular flexibility index (Phi) is 4.39. The zero-order chi connectivity index (χ0) is 7.98. The molecule has 1 aliphatic heterocycles. The monoisotopic (exact) mass is 138 g/mol. The lowest BCUT2D eigenvalue weighted by Gasteiger charge is -2.02. The molecule has 56 valence electrons. The van der Waals surface area contributed by atoms with Gasteiger partial charge in [0.25, 0.3) is 0 Å². The van der Waals surface area contributed by atoms with Gasteiger partial charge < -0.3 is 4.90 Å². The van der Waals surface area contributed by atoms with Gasteiger partial charge in [-0.2, -0.15) is 5.26 Å². The minimum Gasteiger partial charge on any atom is -0.303 e. The van der Waals surface area contributed by atoms with E-state index in [2.05, 4.69) is 12.3 Å². The van der Waals surface area contributed by atoms with Gasteiger partial charge in [-0.25, -0.2) is 0 Å². The summed E-state index contributed by atoms with van der Waals surface area (Å²) in [6.45, 7) is 7.68. The van der Waals surface area contributed by atoms with Crippen LogP contribution in [0.5, 0.6) is 0 Å². The van der Waals surface area contributed by atoms with E-state index < -0.39 is 0 Å². The summed E-state index contributed by atoms with van der Waals surface area (Å²) in [6, 6.07) is 0. The minimum atomic E-state index is 0.808. The molecule has 0 atom stereocenters. The van der Waals surface area contributed by atoms with Crippen molar-refractivity contribution in [2.45, 2.75) is 20.8 Å². The molecule has 0 saturated carbocycles. The van der Waals surface area contributed by atoms with Crippen molar-refractivity contribution in [2.24, 2.45) is 0 Å². The van der Waals surface area contributed by atoms with Crippen molar-refractivity contribution < 1.29 is 0 Å². The molecule has 0 radical (unpaired) electrons. The maximum atomic E-state index is 8.33. The molecule has 0 fully saturated rings. The predicted octanol–water partition coefficient (Wildman–Crippen LogP) is 1.76. The third kappa shape index (κ3) is 2.54. The van der Waals surface area contributed by atoms with Crippen LogP contribution in [-0.2, 0) is 0 Å². The van der Waals surface area contributed by atoms with Gasteiger partial charge >= 0.3 is 0 Å². The van der Waals surface area contributed by atoms with Gasteiger partial charge in [-0.05, 0) is 6.92 Å². The Morgan fingerprint density at radius 3 is 2.40 bits per heavy atom. The first-order valence-electron chi connectivity index (χ1n) is 3.63. The van der Waals surface area contributed by atoms with E-state index in [1.54, 1.807) is 4.90 Å². The molecule has 0 bridgehead atoms. The van der Waals surface area contributed by atoms with E-state index in [0.29, 0.717) is 0 Å². The summed E-state index contributed by atoms with van der Waals surface area (Å²) in [6.07, 6.45) is 4.15. The second-order valence-electron chi connectivity index (χ2n) is 2.03. The quantitative estimate of drug-likeness (QED) is 0.376. The van der Waals surface area contributed by atoms with Crippen LogP contribution in [0.3, 0.4) is 0 Å². The highest BCUT2D eigenvalue weighted by atomic mass is 15.1. The first kappa shape index (κ1) is 9.03. The number of hydrogen-bond acceptors (Lipinski definition) is 2. The Balaban J connectivity index is 0.000000371. The van der Waals surface area contributed by atoms with Crippen LogP contribution in [0.15, 0.2) is 11.6 Å². The number of nitriles is 1. The van der Waals surface area contributed by atoms with Crippen molar-refractivity contribution in [3.05, 3.63) is 11.6 Å². The Morgan fingerprint density at radius 1 is 1.60 bits per heavy atom. The predicted molar refractivity (Wildman–Crippen MR) is 42.3 cm³/mol. The third-order valence-electron chi connectivity index (χ3n) is 1.24. The van der Waals surface area contributed by atoms with Gasteiger partial charge in [0.1, 0.15) is 0 Å². The SMILES string of the molecule is CC.CC1=CCN(C#N)C1. The number of rotatable bonds is 0. The molecular formula is C8H14N2. The fourth-order valence-electron chi connectivity index (χ4n) is 0.772. The van der Waals surface area contributed by atoms with Crippen LogP contribution < -0.4 is 0 Å². The van der Waals surface area contributed by atoms with E-state index in [4.69, 9.17) is 5.26 Å². The Bertz CT molecular complexity index is 153. The molecule has 0 aromatic carbocycles. The molecular weight excluding hydrogens is 124 g/mol. The normalized spacial score (nSPS) is 15.0. The van der Waals surface area contributed by atoms with Crippen LogP contribution in [-0.4, -0.2) is 18.0 Å². The molecule has 0 N–H and O–H groups in total. The molecule has 1 heterocycles. The van der Waals surface area contributed by atoms with Crippen molar-refractivity contribution in [1.29, 1.82) is 5.26 Å². The molecule has 10 heavy (non-hydrogen) atoms. The van der Waals surface area contributed by atoms with E-state index in [1.165, 1.54) is 5.57 Å². The molecule has 0 unspecified atom stereocenters. The summed E-state index contributed by atoms with van der Waals surface area (Å²) < 4.78 is 0. The standard InChI is InChI=1S/C6H8N2.C2H6/c1-6-2-3-8(4-6)5-7;1-2/h2H,3-4H2,1H3;1-2H3. The smallest absolute Gasteiger partial charge is 0.179 e. The molecule has 1 rings (SSSR count). The van der Waals surface area contributed by atoms with E-state index in [-0.39, 0.29) is 0 Å². The zero-order valence-electron chi connectivity index (χ0n) is 6.89. The first-order chi connectivity index (χ1) is 4.83.